The van der Waals surface area contributed by atoms with Gasteiger partial charge in [-0.25, -0.2) is 13.8 Å². The van der Waals surface area contributed by atoms with Crippen LogP contribution in [0.4, 0.5) is 14.6 Å². The molecule has 4 aromatic rings. The number of halogens is 3. The van der Waals surface area contributed by atoms with Crippen molar-refractivity contribution in [2.75, 3.05) is 5.32 Å². The molecule has 1 N–H and O–H groups in total. The summed E-state index contributed by atoms with van der Waals surface area (Å²) in [5, 5.41) is 7.99. The molecule has 2 aromatic carbocycles. The fourth-order valence-corrected chi connectivity index (χ4v) is 5.19. The second kappa shape index (κ2) is 6.70. The summed E-state index contributed by atoms with van der Waals surface area (Å²) in [5.74, 6) is -1.54. The Hall–Kier alpha value is -2.65. The van der Waals surface area contributed by atoms with E-state index in [0.29, 0.717) is 22.2 Å². The molecule has 0 bridgehead atoms. The molecule has 1 amide bonds. The van der Waals surface area contributed by atoms with E-state index in [1.165, 1.54) is 11.3 Å². The minimum atomic E-state index is -0.619. The number of fused-ring (bicyclic) bond motifs is 2. The standard InChI is InChI=1S/C20H13BrF2N4OS/c1-9-18-13(12-7-11(22)3-4-14(12)23)8-17(28)25-19(18)27(26-9)20-24-15-5-2-10(21)6-16(15)29-20/h2-7,13H,8H2,1H3,(H,25,28). The number of thiazole rings is 1. The number of hydrogen-bond donors (Lipinski definition) is 1. The Labute approximate surface area is 176 Å². The molecular formula is C20H13BrF2N4OS. The average molecular weight is 475 g/mol. The van der Waals surface area contributed by atoms with E-state index < -0.39 is 17.6 Å². The Kier molecular flexibility index (Phi) is 4.25. The van der Waals surface area contributed by atoms with Crippen molar-refractivity contribution in [2.24, 2.45) is 0 Å². The molecule has 9 heteroatoms. The first-order chi connectivity index (χ1) is 13.9. The van der Waals surface area contributed by atoms with Crippen molar-refractivity contribution in [2.45, 2.75) is 19.3 Å². The number of hydrogen-bond acceptors (Lipinski definition) is 4. The number of amides is 1. The van der Waals surface area contributed by atoms with Crippen LogP contribution in [0.5, 0.6) is 0 Å². The van der Waals surface area contributed by atoms with Gasteiger partial charge in [-0.1, -0.05) is 27.3 Å². The third-order valence-electron chi connectivity index (χ3n) is 4.96. The van der Waals surface area contributed by atoms with Gasteiger partial charge >= 0.3 is 0 Å². The Balaban J connectivity index is 1.69. The molecule has 0 saturated carbocycles. The predicted octanol–water partition coefficient (Wildman–Crippen LogP) is 5.31. The van der Waals surface area contributed by atoms with Gasteiger partial charge in [0.2, 0.25) is 11.0 Å². The number of benzene rings is 2. The topological polar surface area (TPSA) is 59.8 Å². The van der Waals surface area contributed by atoms with Gasteiger partial charge in [-0.2, -0.15) is 9.78 Å². The molecule has 5 rings (SSSR count). The van der Waals surface area contributed by atoms with Crippen LogP contribution in [0.15, 0.2) is 40.9 Å². The van der Waals surface area contributed by atoms with Crippen molar-refractivity contribution in [3.8, 4) is 5.13 Å². The lowest BCUT2D eigenvalue weighted by Gasteiger charge is -2.24. The second-order valence-corrected chi connectivity index (χ2v) is 8.76. The van der Waals surface area contributed by atoms with Crippen LogP contribution in [0.3, 0.4) is 0 Å². The van der Waals surface area contributed by atoms with Gasteiger partial charge in [-0.15, -0.1) is 0 Å². The highest BCUT2D eigenvalue weighted by atomic mass is 79.9. The molecule has 5 nitrogen and oxygen atoms in total. The summed E-state index contributed by atoms with van der Waals surface area (Å²) in [5.41, 5.74) is 2.27. The maximum atomic E-state index is 14.5. The van der Waals surface area contributed by atoms with Gasteiger partial charge in [0.25, 0.3) is 0 Å². The molecule has 1 aliphatic rings. The number of anilines is 1. The summed E-state index contributed by atoms with van der Waals surface area (Å²) in [6.45, 7) is 1.79. The second-order valence-electron chi connectivity index (χ2n) is 6.84. The molecule has 1 atom stereocenters. The van der Waals surface area contributed by atoms with Crippen LogP contribution in [0, 0.1) is 18.6 Å². The van der Waals surface area contributed by atoms with E-state index in [1.54, 1.807) is 11.6 Å². The lowest BCUT2D eigenvalue weighted by atomic mass is 9.85. The van der Waals surface area contributed by atoms with Gasteiger partial charge in [-0.3, -0.25) is 4.79 Å². The maximum absolute atomic E-state index is 14.5. The van der Waals surface area contributed by atoms with Gasteiger partial charge < -0.3 is 5.32 Å². The van der Waals surface area contributed by atoms with E-state index in [1.807, 2.05) is 18.2 Å². The van der Waals surface area contributed by atoms with Crippen LogP contribution in [0.2, 0.25) is 0 Å². The summed E-state index contributed by atoms with van der Waals surface area (Å²) < 4.78 is 31.7. The number of nitrogens with zero attached hydrogens (tertiary/aromatic N) is 3. The summed E-state index contributed by atoms with van der Waals surface area (Å²) in [7, 11) is 0. The lowest BCUT2D eigenvalue weighted by molar-refractivity contribution is -0.116. The molecule has 0 spiro atoms. The highest BCUT2D eigenvalue weighted by Gasteiger charge is 2.34. The van der Waals surface area contributed by atoms with E-state index in [0.717, 1.165) is 32.9 Å². The molecule has 146 valence electrons. The molecule has 3 heterocycles. The van der Waals surface area contributed by atoms with Crippen LogP contribution in [-0.4, -0.2) is 20.7 Å². The van der Waals surface area contributed by atoms with E-state index in [4.69, 9.17) is 0 Å². The lowest BCUT2D eigenvalue weighted by Crippen LogP contribution is -2.25. The summed E-state index contributed by atoms with van der Waals surface area (Å²) in [4.78, 5) is 17.0. The molecule has 0 fully saturated rings. The third-order valence-corrected chi connectivity index (χ3v) is 6.44. The zero-order valence-electron chi connectivity index (χ0n) is 15.0. The molecule has 2 aromatic heterocycles. The molecule has 29 heavy (non-hydrogen) atoms. The van der Waals surface area contributed by atoms with Crippen LogP contribution >= 0.6 is 27.3 Å². The SMILES string of the molecule is Cc1nn(-c2nc3ccc(Br)cc3s2)c2c1C(c1cc(F)ccc1F)CC(=O)N2. The van der Waals surface area contributed by atoms with Crippen LogP contribution < -0.4 is 5.32 Å². The van der Waals surface area contributed by atoms with Gasteiger partial charge in [0.15, 0.2) is 0 Å². The first-order valence-electron chi connectivity index (χ1n) is 8.81. The molecule has 1 aliphatic heterocycles. The zero-order chi connectivity index (χ0) is 20.3. The summed E-state index contributed by atoms with van der Waals surface area (Å²) in [6, 6.07) is 9.06. The van der Waals surface area contributed by atoms with E-state index in [9.17, 15) is 13.6 Å². The van der Waals surface area contributed by atoms with Gasteiger partial charge in [-0.05, 0) is 48.9 Å². The van der Waals surface area contributed by atoms with Crippen molar-refractivity contribution in [1.82, 2.24) is 14.8 Å². The number of aryl methyl sites for hydroxylation is 1. The molecule has 0 aliphatic carbocycles. The minimum Gasteiger partial charge on any atom is -0.310 e. The molecule has 1 unspecified atom stereocenters. The normalized spacial score (nSPS) is 16.1. The van der Waals surface area contributed by atoms with E-state index in [2.05, 4.69) is 31.3 Å². The number of carbonyl (C=O) groups excluding carboxylic acids is 1. The van der Waals surface area contributed by atoms with Gasteiger partial charge in [0, 0.05) is 22.4 Å². The number of rotatable bonds is 2. The van der Waals surface area contributed by atoms with Crippen molar-refractivity contribution in [3.05, 3.63) is 69.3 Å². The van der Waals surface area contributed by atoms with Crippen LogP contribution in [0.1, 0.15) is 29.2 Å². The van der Waals surface area contributed by atoms with Gasteiger partial charge in [0.1, 0.15) is 17.5 Å². The third kappa shape index (κ3) is 3.05. The first kappa shape index (κ1) is 18.4. The number of nitrogens with one attached hydrogen (secondary N) is 1. The van der Waals surface area contributed by atoms with E-state index in [-0.39, 0.29) is 17.9 Å². The highest BCUT2D eigenvalue weighted by Crippen LogP contribution is 2.42. The van der Waals surface area contributed by atoms with Crippen LogP contribution in [-0.2, 0) is 4.79 Å². The quantitative estimate of drug-likeness (QED) is 0.428. The average Bonchev–Trinajstić information content (AvgIpc) is 3.23. The monoisotopic (exact) mass is 474 g/mol. The number of carbonyl (C=O) groups is 1. The van der Waals surface area contributed by atoms with Crippen LogP contribution in [0.25, 0.3) is 15.3 Å². The van der Waals surface area contributed by atoms with Crippen molar-refractivity contribution in [1.29, 1.82) is 0 Å². The Morgan fingerprint density at radius 1 is 1.24 bits per heavy atom. The van der Waals surface area contributed by atoms with Gasteiger partial charge in [0.05, 0.1) is 15.9 Å². The number of aromatic nitrogens is 3. The minimum absolute atomic E-state index is 0.0205. The summed E-state index contributed by atoms with van der Waals surface area (Å²) >= 11 is 4.88. The fraction of sp³-hybridized carbons (Fsp3) is 0.150. The van der Waals surface area contributed by atoms with Crippen molar-refractivity contribution in [3.63, 3.8) is 0 Å². The molecule has 0 saturated heterocycles. The highest BCUT2D eigenvalue weighted by molar-refractivity contribution is 9.10. The molecular weight excluding hydrogens is 462 g/mol. The van der Waals surface area contributed by atoms with Crippen molar-refractivity contribution >= 4 is 49.2 Å². The largest absolute Gasteiger partial charge is 0.310 e. The Morgan fingerprint density at radius 2 is 2.07 bits per heavy atom. The zero-order valence-corrected chi connectivity index (χ0v) is 17.4. The predicted molar refractivity (Wildman–Crippen MR) is 111 cm³/mol. The Morgan fingerprint density at radius 3 is 2.90 bits per heavy atom. The molecule has 0 radical (unpaired) electrons. The smallest absolute Gasteiger partial charge is 0.226 e. The van der Waals surface area contributed by atoms with E-state index >= 15 is 0 Å². The van der Waals surface area contributed by atoms with Crippen molar-refractivity contribution < 1.29 is 13.6 Å². The maximum Gasteiger partial charge on any atom is 0.226 e. The Bertz CT molecular complexity index is 1300. The first-order valence-corrected chi connectivity index (χ1v) is 10.4. The fourth-order valence-electron chi connectivity index (χ4n) is 3.71. The summed E-state index contributed by atoms with van der Waals surface area (Å²) in [6.07, 6.45) is 0.0205.